The van der Waals surface area contributed by atoms with Crippen molar-refractivity contribution >= 4 is 0 Å². The first-order valence-corrected chi connectivity index (χ1v) is 6.15. The van der Waals surface area contributed by atoms with E-state index in [0.717, 1.165) is 37.6 Å². The molecule has 2 fully saturated rings. The number of nitrogens with zero attached hydrogens (tertiary/aromatic N) is 2. The molecule has 1 aromatic rings. The van der Waals surface area contributed by atoms with Gasteiger partial charge in [0.05, 0.1) is 6.10 Å². The number of rotatable bonds is 4. The van der Waals surface area contributed by atoms with Gasteiger partial charge in [-0.1, -0.05) is 0 Å². The Bertz CT molecular complexity index is 342. The molecule has 1 saturated carbocycles. The largest absolute Gasteiger partial charge is 0.370 e. The molecule has 2 aliphatic rings. The first kappa shape index (κ1) is 10.2. The zero-order chi connectivity index (χ0) is 10.8. The van der Waals surface area contributed by atoms with Crippen molar-refractivity contribution in [2.75, 3.05) is 13.1 Å². The van der Waals surface area contributed by atoms with Gasteiger partial charge in [0.25, 0.3) is 0 Å². The maximum atomic E-state index is 5.81. The standard InChI is InChI=1S/C11H18N4O/c1-2-8(1)11-13-10(14-15-11)7-16-9-3-5-12-6-4-9/h8-9,12H,1-7H2,(H,13,14,15). The van der Waals surface area contributed by atoms with E-state index in [-0.39, 0.29) is 0 Å². The molecule has 0 unspecified atom stereocenters. The monoisotopic (exact) mass is 222 g/mol. The lowest BCUT2D eigenvalue weighted by Crippen LogP contribution is -2.32. The third kappa shape index (κ3) is 2.41. The molecule has 1 aromatic heterocycles. The predicted octanol–water partition coefficient (Wildman–Crippen LogP) is 0.951. The van der Waals surface area contributed by atoms with Crippen LogP contribution < -0.4 is 5.32 Å². The Morgan fingerprint density at radius 3 is 2.75 bits per heavy atom. The van der Waals surface area contributed by atoms with Crippen LogP contribution in [0.25, 0.3) is 0 Å². The van der Waals surface area contributed by atoms with Gasteiger partial charge in [0.1, 0.15) is 6.61 Å². The van der Waals surface area contributed by atoms with E-state index < -0.39 is 0 Å². The minimum absolute atomic E-state index is 0.385. The van der Waals surface area contributed by atoms with Crippen molar-refractivity contribution in [3.63, 3.8) is 0 Å². The van der Waals surface area contributed by atoms with Crippen LogP contribution >= 0.6 is 0 Å². The summed E-state index contributed by atoms with van der Waals surface area (Å²) in [5.74, 6) is 2.47. The van der Waals surface area contributed by atoms with Gasteiger partial charge < -0.3 is 10.1 Å². The second kappa shape index (κ2) is 4.51. The molecule has 3 rings (SSSR count). The molecule has 0 aromatic carbocycles. The Morgan fingerprint density at radius 2 is 2.00 bits per heavy atom. The summed E-state index contributed by atoms with van der Waals surface area (Å²) in [5.41, 5.74) is 0. The number of aromatic nitrogens is 3. The van der Waals surface area contributed by atoms with E-state index in [0.29, 0.717) is 18.6 Å². The molecule has 2 N–H and O–H groups in total. The zero-order valence-corrected chi connectivity index (χ0v) is 9.41. The van der Waals surface area contributed by atoms with E-state index in [1.807, 2.05) is 0 Å². The smallest absolute Gasteiger partial charge is 0.153 e. The van der Waals surface area contributed by atoms with Crippen LogP contribution in [0.3, 0.4) is 0 Å². The summed E-state index contributed by atoms with van der Waals surface area (Å²) in [6.45, 7) is 2.70. The second-order valence-electron chi connectivity index (χ2n) is 4.67. The van der Waals surface area contributed by atoms with Gasteiger partial charge in [0, 0.05) is 5.92 Å². The maximum Gasteiger partial charge on any atom is 0.153 e. The minimum atomic E-state index is 0.385. The lowest BCUT2D eigenvalue weighted by atomic mass is 10.1. The highest BCUT2D eigenvalue weighted by molar-refractivity contribution is 5.04. The first-order valence-electron chi connectivity index (χ1n) is 6.15. The third-order valence-corrected chi connectivity index (χ3v) is 3.23. The Kier molecular flexibility index (Phi) is 2.88. The molecule has 16 heavy (non-hydrogen) atoms. The molecule has 5 nitrogen and oxygen atoms in total. The zero-order valence-electron chi connectivity index (χ0n) is 9.41. The summed E-state index contributed by atoms with van der Waals surface area (Å²) in [6, 6.07) is 0. The Balaban J connectivity index is 1.49. The van der Waals surface area contributed by atoms with Crippen LogP contribution in [0.2, 0.25) is 0 Å². The summed E-state index contributed by atoms with van der Waals surface area (Å²) in [6.07, 6.45) is 5.07. The molecule has 0 amide bonds. The van der Waals surface area contributed by atoms with Gasteiger partial charge in [-0.05, 0) is 38.8 Å². The molecule has 2 heterocycles. The van der Waals surface area contributed by atoms with Crippen molar-refractivity contribution in [3.05, 3.63) is 11.6 Å². The van der Waals surface area contributed by atoms with Gasteiger partial charge in [-0.15, -0.1) is 0 Å². The summed E-state index contributed by atoms with van der Waals surface area (Å²) in [7, 11) is 0. The Morgan fingerprint density at radius 1 is 1.19 bits per heavy atom. The molecule has 0 bridgehead atoms. The SMILES string of the molecule is C1CC(OCc2nc(C3CC3)n[nH]2)CCN1. The molecular weight excluding hydrogens is 204 g/mol. The fourth-order valence-corrected chi connectivity index (χ4v) is 2.06. The predicted molar refractivity (Wildman–Crippen MR) is 59.0 cm³/mol. The molecule has 1 saturated heterocycles. The van der Waals surface area contributed by atoms with Crippen LogP contribution in [0.4, 0.5) is 0 Å². The minimum Gasteiger partial charge on any atom is -0.370 e. The third-order valence-electron chi connectivity index (χ3n) is 3.23. The number of hydrogen-bond acceptors (Lipinski definition) is 4. The lowest BCUT2D eigenvalue weighted by Gasteiger charge is -2.22. The summed E-state index contributed by atoms with van der Waals surface area (Å²) < 4.78 is 5.81. The average molecular weight is 222 g/mol. The summed E-state index contributed by atoms with van der Waals surface area (Å²) in [4.78, 5) is 4.45. The normalized spacial score (nSPS) is 22.5. The maximum absolute atomic E-state index is 5.81. The van der Waals surface area contributed by atoms with Gasteiger partial charge in [-0.2, -0.15) is 5.10 Å². The fourth-order valence-electron chi connectivity index (χ4n) is 2.06. The van der Waals surface area contributed by atoms with Crippen LogP contribution in [0.15, 0.2) is 0 Å². The quantitative estimate of drug-likeness (QED) is 0.796. The summed E-state index contributed by atoms with van der Waals surface area (Å²) >= 11 is 0. The topological polar surface area (TPSA) is 62.8 Å². The van der Waals surface area contributed by atoms with E-state index in [1.165, 1.54) is 12.8 Å². The Labute approximate surface area is 95.0 Å². The number of hydrogen-bond donors (Lipinski definition) is 2. The highest BCUT2D eigenvalue weighted by Crippen LogP contribution is 2.37. The van der Waals surface area contributed by atoms with Crippen LogP contribution in [0.5, 0.6) is 0 Å². The van der Waals surface area contributed by atoms with Crippen molar-refractivity contribution in [2.45, 2.75) is 44.3 Å². The number of nitrogens with one attached hydrogen (secondary N) is 2. The molecule has 88 valence electrons. The van der Waals surface area contributed by atoms with E-state index >= 15 is 0 Å². The molecule has 1 aliphatic carbocycles. The number of aromatic amines is 1. The molecule has 5 heteroatoms. The average Bonchev–Trinajstić information content (AvgIpc) is 3.08. The van der Waals surface area contributed by atoms with Crippen LogP contribution in [-0.4, -0.2) is 34.4 Å². The summed E-state index contributed by atoms with van der Waals surface area (Å²) in [5, 5.41) is 10.5. The van der Waals surface area contributed by atoms with Gasteiger partial charge in [-0.25, -0.2) is 4.98 Å². The van der Waals surface area contributed by atoms with E-state index in [9.17, 15) is 0 Å². The second-order valence-corrected chi connectivity index (χ2v) is 4.67. The van der Waals surface area contributed by atoms with E-state index in [2.05, 4.69) is 20.5 Å². The number of ether oxygens (including phenoxy) is 1. The highest BCUT2D eigenvalue weighted by atomic mass is 16.5. The van der Waals surface area contributed by atoms with Crippen molar-refractivity contribution in [1.82, 2.24) is 20.5 Å². The number of H-pyrrole nitrogens is 1. The lowest BCUT2D eigenvalue weighted by molar-refractivity contribution is 0.0179. The van der Waals surface area contributed by atoms with E-state index in [4.69, 9.17) is 4.74 Å². The molecule has 0 atom stereocenters. The van der Waals surface area contributed by atoms with Gasteiger partial charge in [0.2, 0.25) is 0 Å². The fraction of sp³-hybridized carbons (Fsp3) is 0.818. The number of piperidine rings is 1. The molecule has 1 aliphatic heterocycles. The van der Waals surface area contributed by atoms with Gasteiger partial charge >= 0.3 is 0 Å². The molecule has 0 radical (unpaired) electrons. The molecular formula is C11H18N4O. The Hall–Kier alpha value is -0.940. The first-order chi connectivity index (χ1) is 7.92. The van der Waals surface area contributed by atoms with Gasteiger partial charge in [0.15, 0.2) is 11.6 Å². The molecule has 0 spiro atoms. The van der Waals surface area contributed by atoms with Crippen molar-refractivity contribution in [1.29, 1.82) is 0 Å². The van der Waals surface area contributed by atoms with Crippen LogP contribution in [-0.2, 0) is 11.3 Å². The van der Waals surface area contributed by atoms with Gasteiger partial charge in [-0.3, -0.25) is 5.10 Å². The van der Waals surface area contributed by atoms with Crippen molar-refractivity contribution < 1.29 is 4.74 Å². The van der Waals surface area contributed by atoms with Crippen molar-refractivity contribution in [2.24, 2.45) is 0 Å². The highest BCUT2D eigenvalue weighted by Gasteiger charge is 2.27. The van der Waals surface area contributed by atoms with Crippen LogP contribution in [0.1, 0.15) is 43.3 Å². The van der Waals surface area contributed by atoms with Crippen molar-refractivity contribution in [3.8, 4) is 0 Å². The van der Waals surface area contributed by atoms with E-state index in [1.54, 1.807) is 0 Å². The van der Waals surface area contributed by atoms with Crippen LogP contribution in [0, 0.1) is 0 Å².